The van der Waals surface area contributed by atoms with Crippen LogP contribution in [0.5, 0.6) is 0 Å². The molecule has 5 aromatic heterocycles. The van der Waals surface area contributed by atoms with E-state index < -0.39 is 0 Å². The first-order valence-corrected chi connectivity index (χ1v) is 16.3. The number of aromatic nitrogens is 5. The zero-order chi connectivity index (χ0) is 34.1. The summed E-state index contributed by atoms with van der Waals surface area (Å²) in [4.78, 5) is 20.9. The summed E-state index contributed by atoms with van der Waals surface area (Å²) >= 11 is 0. The van der Waals surface area contributed by atoms with E-state index in [1.165, 1.54) is 26.9 Å². The van der Waals surface area contributed by atoms with E-state index >= 15 is 0 Å². The van der Waals surface area contributed by atoms with E-state index in [1.54, 1.807) is 0 Å². The molecule has 0 radical (unpaired) electrons. The second-order valence-corrected chi connectivity index (χ2v) is 11.0. The molecule has 0 fully saturated rings. The third-order valence-corrected chi connectivity index (χ3v) is 7.56. The molecule has 5 aromatic carbocycles. The second-order valence-electron chi connectivity index (χ2n) is 11.0. The molecule has 5 heterocycles. The van der Waals surface area contributed by atoms with Crippen LogP contribution in [0.3, 0.4) is 0 Å². The van der Waals surface area contributed by atoms with Crippen molar-refractivity contribution >= 4 is 54.5 Å². The molecule has 5 nitrogen and oxygen atoms in total. The lowest BCUT2D eigenvalue weighted by Crippen LogP contribution is -1.73. The second kappa shape index (κ2) is 17.9. The van der Waals surface area contributed by atoms with E-state index in [-0.39, 0.29) is 0 Å². The van der Waals surface area contributed by atoms with Gasteiger partial charge in [-0.15, -0.1) is 0 Å². The number of benzene rings is 5. The molecule has 5 heteroatoms. The monoisotopic (exact) mass is 645 g/mol. The van der Waals surface area contributed by atoms with E-state index in [9.17, 15) is 0 Å². The maximum Gasteiger partial charge on any atom is 0.0701 e. The van der Waals surface area contributed by atoms with Crippen molar-refractivity contribution in [2.75, 3.05) is 0 Å². The molecule has 0 spiro atoms. The Morgan fingerprint density at radius 3 is 0.520 bits per heavy atom. The lowest BCUT2D eigenvalue weighted by Gasteiger charge is -1.91. The first-order valence-electron chi connectivity index (χ1n) is 16.3. The number of hydrogen-bond donors (Lipinski definition) is 0. The molecule has 0 unspecified atom stereocenters. The van der Waals surface area contributed by atoms with Crippen LogP contribution in [-0.2, 0) is 0 Å². The first-order chi connectivity index (χ1) is 24.8. The molecule has 0 aliphatic carbocycles. The number of para-hydroxylation sites is 5. The van der Waals surface area contributed by atoms with Crippen molar-refractivity contribution in [1.29, 1.82) is 0 Å². The van der Waals surface area contributed by atoms with Gasteiger partial charge in [0.2, 0.25) is 0 Å². The summed E-state index contributed by atoms with van der Waals surface area (Å²) < 4.78 is 0. The van der Waals surface area contributed by atoms with Gasteiger partial charge in [0.25, 0.3) is 0 Å². The Balaban J connectivity index is 0.000000108. The normalized spacial score (nSPS) is 10.0. The topological polar surface area (TPSA) is 64.5 Å². The van der Waals surface area contributed by atoms with Crippen LogP contribution >= 0.6 is 0 Å². The molecule has 50 heavy (non-hydrogen) atoms. The van der Waals surface area contributed by atoms with E-state index in [4.69, 9.17) is 0 Å². The van der Waals surface area contributed by atoms with E-state index in [1.807, 2.05) is 152 Å². The molecule has 0 N–H and O–H groups in total. The summed E-state index contributed by atoms with van der Waals surface area (Å²) in [5.74, 6) is 0. The largest absolute Gasteiger partial charge is 0.256 e. The van der Waals surface area contributed by atoms with Crippen LogP contribution in [0.4, 0.5) is 0 Å². The van der Waals surface area contributed by atoms with Crippen LogP contribution in [-0.4, -0.2) is 24.9 Å². The van der Waals surface area contributed by atoms with Gasteiger partial charge in [0.05, 0.1) is 27.6 Å². The molecule has 0 saturated heterocycles. The molecular formula is C45H35N5. The number of pyridine rings is 5. The Bertz CT molecular complexity index is 1790. The average Bonchev–Trinajstić information content (AvgIpc) is 3.22. The van der Waals surface area contributed by atoms with Crippen molar-refractivity contribution in [3.8, 4) is 0 Å². The van der Waals surface area contributed by atoms with Gasteiger partial charge in [0.1, 0.15) is 0 Å². The zero-order valence-electron chi connectivity index (χ0n) is 27.4. The van der Waals surface area contributed by atoms with Crippen LogP contribution < -0.4 is 0 Å². The summed E-state index contributed by atoms with van der Waals surface area (Å²) in [6.07, 6.45) is 9.04. The third-order valence-electron chi connectivity index (χ3n) is 7.56. The first kappa shape index (κ1) is 33.1. The molecule has 240 valence electrons. The van der Waals surface area contributed by atoms with Crippen molar-refractivity contribution in [2.24, 2.45) is 0 Å². The standard InChI is InChI=1S/5C9H7N/c5*1-2-6-9-8(4-1)5-3-7-10-9/h5*1-7H. The van der Waals surface area contributed by atoms with Gasteiger partial charge in [0, 0.05) is 57.9 Å². The van der Waals surface area contributed by atoms with Crippen molar-refractivity contribution in [3.63, 3.8) is 0 Å². The summed E-state index contributed by atoms with van der Waals surface area (Å²) in [6.45, 7) is 0. The molecule has 0 amide bonds. The zero-order valence-corrected chi connectivity index (χ0v) is 27.4. The SMILES string of the molecule is c1ccc2ncccc2c1.c1ccc2ncccc2c1.c1ccc2ncccc2c1.c1ccc2ncccc2c1.c1ccc2ncccc2c1. The minimum Gasteiger partial charge on any atom is -0.256 e. The molecule has 0 aliphatic heterocycles. The van der Waals surface area contributed by atoms with Gasteiger partial charge < -0.3 is 0 Å². The van der Waals surface area contributed by atoms with Crippen LogP contribution in [0.15, 0.2) is 213 Å². The predicted molar refractivity (Wildman–Crippen MR) is 209 cm³/mol. The average molecular weight is 646 g/mol. The Kier molecular flexibility index (Phi) is 11.8. The van der Waals surface area contributed by atoms with Crippen LogP contribution in [0.2, 0.25) is 0 Å². The van der Waals surface area contributed by atoms with Gasteiger partial charge in [-0.05, 0) is 60.7 Å². The van der Waals surface area contributed by atoms with E-state index in [0.717, 1.165) is 27.6 Å². The summed E-state index contributed by atoms with van der Waals surface area (Å²) in [6, 6.07) is 60.4. The van der Waals surface area contributed by atoms with Gasteiger partial charge >= 0.3 is 0 Å². The van der Waals surface area contributed by atoms with Gasteiger partial charge in [-0.1, -0.05) is 121 Å². The minimum atomic E-state index is 1.06. The van der Waals surface area contributed by atoms with E-state index in [0.29, 0.717) is 0 Å². The smallest absolute Gasteiger partial charge is 0.0701 e. The molecule has 0 aliphatic rings. The van der Waals surface area contributed by atoms with Crippen molar-refractivity contribution in [2.45, 2.75) is 0 Å². The fourth-order valence-corrected chi connectivity index (χ4v) is 5.08. The molecule has 0 atom stereocenters. The quantitative estimate of drug-likeness (QED) is 0.164. The predicted octanol–water partition coefficient (Wildman–Crippen LogP) is 11.2. The van der Waals surface area contributed by atoms with Crippen LogP contribution in [0.1, 0.15) is 0 Å². The van der Waals surface area contributed by atoms with Gasteiger partial charge in [-0.2, -0.15) is 0 Å². The minimum absolute atomic E-state index is 1.06. The Morgan fingerprint density at radius 1 is 0.180 bits per heavy atom. The van der Waals surface area contributed by atoms with Crippen molar-refractivity contribution in [1.82, 2.24) is 24.9 Å². The highest BCUT2D eigenvalue weighted by Gasteiger charge is 1.90. The molecule has 0 saturated carbocycles. The Labute approximate surface area is 291 Å². The highest BCUT2D eigenvalue weighted by Crippen LogP contribution is 2.11. The van der Waals surface area contributed by atoms with Gasteiger partial charge in [-0.3, -0.25) is 24.9 Å². The Morgan fingerprint density at radius 2 is 0.340 bits per heavy atom. The van der Waals surface area contributed by atoms with Crippen molar-refractivity contribution < 1.29 is 0 Å². The van der Waals surface area contributed by atoms with Crippen LogP contribution in [0.25, 0.3) is 54.5 Å². The molecule has 0 bridgehead atoms. The van der Waals surface area contributed by atoms with E-state index in [2.05, 4.69) is 85.6 Å². The summed E-state index contributed by atoms with van der Waals surface area (Å²) in [7, 11) is 0. The highest BCUT2D eigenvalue weighted by molar-refractivity contribution is 5.80. The lowest BCUT2D eigenvalue weighted by molar-refractivity contribution is 1.41. The van der Waals surface area contributed by atoms with Crippen LogP contribution in [0, 0.1) is 0 Å². The molecular weight excluding hydrogens is 611 g/mol. The number of rotatable bonds is 0. The number of hydrogen-bond acceptors (Lipinski definition) is 5. The van der Waals surface area contributed by atoms with Gasteiger partial charge in [-0.25, -0.2) is 0 Å². The fraction of sp³-hybridized carbons (Fsp3) is 0. The Hall–Kier alpha value is -6.85. The number of nitrogens with zero attached hydrogens (tertiary/aromatic N) is 5. The van der Waals surface area contributed by atoms with Crippen molar-refractivity contribution in [3.05, 3.63) is 213 Å². The molecule has 10 rings (SSSR count). The lowest BCUT2D eigenvalue weighted by atomic mass is 10.2. The maximum absolute atomic E-state index is 4.18. The summed E-state index contributed by atoms with van der Waals surface area (Å²) in [5.41, 5.74) is 5.30. The molecule has 10 aromatic rings. The highest BCUT2D eigenvalue weighted by atomic mass is 14.7. The third kappa shape index (κ3) is 9.59. The summed E-state index contributed by atoms with van der Waals surface area (Å²) in [5, 5.41) is 6.00. The number of fused-ring (bicyclic) bond motifs is 5. The fourth-order valence-electron chi connectivity index (χ4n) is 5.08. The van der Waals surface area contributed by atoms with Gasteiger partial charge in [0.15, 0.2) is 0 Å². The maximum atomic E-state index is 4.18.